The third-order valence-corrected chi connectivity index (χ3v) is 3.74. The van der Waals surface area contributed by atoms with Crippen molar-refractivity contribution in [2.24, 2.45) is 0 Å². The molecule has 3 nitrogen and oxygen atoms in total. The Kier molecular flexibility index (Phi) is 4.39. The summed E-state index contributed by atoms with van der Waals surface area (Å²) in [4.78, 5) is 0. The van der Waals surface area contributed by atoms with Crippen LogP contribution in [0.2, 0.25) is 0 Å². The first kappa shape index (κ1) is 13.8. The SMILES string of the molecule is N#Cc1ccc(NCC2(O)CCCCCC2)c(F)c1. The van der Waals surface area contributed by atoms with Gasteiger partial charge in [-0.25, -0.2) is 4.39 Å². The van der Waals surface area contributed by atoms with Crippen molar-refractivity contribution in [3.63, 3.8) is 0 Å². The average Bonchev–Trinajstić information content (AvgIpc) is 2.62. The van der Waals surface area contributed by atoms with Gasteiger partial charge in [0.1, 0.15) is 5.82 Å². The highest BCUT2D eigenvalue weighted by Gasteiger charge is 2.27. The Balaban J connectivity index is 2.00. The predicted molar refractivity (Wildman–Crippen MR) is 72.3 cm³/mol. The van der Waals surface area contributed by atoms with Crippen LogP contribution in [-0.4, -0.2) is 17.3 Å². The molecule has 0 saturated heterocycles. The molecule has 0 aromatic heterocycles. The van der Waals surface area contributed by atoms with Gasteiger partial charge in [0.25, 0.3) is 0 Å². The number of hydrogen-bond donors (Lipinski definition) is 2. The van der Waals surface area contributed by atoms with Gasteiger partial charge in [0, 0.05) is 6.54 Å². The average molecular weight is 262 g/mol. The number of benzene rings is 1. The number of anilines is 1. The molecule has 2 N–H and O–H groups in total. The zero-order valence-electron chi connectivity index (χ0n) is 11.0. The van der Waals surface area contributed by atoms with E-state index in [9.17, 15) is 9.50 Å². The van der Waals surface area contributed by atoms with E-state index in [0.717, 1.165) is 38.5 Å². The minimum Gasteiger partial charge on any atom is -0.388 e. The van der Waals surface area contributed by atoms with Gasteiger partial charge in [-0.15, -0.1) is 0 Å². The van der Waals surface area contributed by atoms with E-state index in [2.05, 4.69) is 5.32 Å². The summed E-state index contributed by atoms with van der Waals surface area (Å²) in [6.07, 6.45) is 5.89. The summed E-state index contributed by atoms with van der Waals surface area (Å²) in [6.45, 7) is 0.357. The summed E-state index contributed by atoms with van der Waals surface area (Å²) < 4.78 is 13.7. The highest BCUT2D eigenvalue weighted by molar-refractivity contribution is 5.49. The smallest absolute Gasteiger partial charge is 0.147 e. The quantitative estimate of drug-likeness (QED) is 0.822. The Bertz CT molecular complexity index is 474. The lowest BCUT2D eigenvalue weighted by atomic mass is 9.94. The molecular formula is C15H19FN2O. The number of hydrogen-bond acceptors (Lipinski definition) is 3. The molecule has 1 aliphatic carbocycles. The van der Waals surface area contributed by atoms with E-state index >= 15 is 0 Å². The van der Waals surface area contributed by atoms with Crippen molar-refractivity contribution >= 4 is 5.69 Å². The molecular weight excluding hydrogens is 243 g/mol. The Morgan fingerprint density at radius 3 is 2.53 bits per heavy atom. The normalized spacial score (nSPS) is 18.4. The first-order chi connectivity index (χ1) is 9.13. The van der Waals surface area contributed by atoms with Crippen LogP contribution in [0.5, 0.6) is 0 Å². The summed E-state index contributed by atoms with van der Waals surface area (Å²) in [6, 6.07) is 6.23. The first-order valence-corrected chi connectivity index (χ1v) is 6.79. The van der Waals surface area contributed by atoms with Gasteiger partial charge in [0.15, 0.2) is 0 Å². The van der Waals surface area contributed by atoms with Gasteiger partial charge < -0.3 is 10.4 Å². The van der Waals surface area contributed by atoms with E-state index in [1.54, 1.807) is 12.1 Å². The van der Waals surface area contributed by atoms with Crippen molar-refractivity contribution in [2.75, 3.05) is 11.9 Å². The van der Waals surface area contributed by atoms with E-state index < -0.39 is 11.4 Å². The van der Waals surface area contributed by atoms with Crippen molar-refractivity contribution in [1.29, 1.82) is 5.26 Å². The highest BCUT2D eigenvalue weighted by Crippen LogP contribution is 2.27. The second kappa shape index (κ2) is 6.03. The van der Waals surface area contributed by atoms with Gasteiger partial charge in [-0.3, -0.25) is 0 Å². The fraction of sp³-hybridized carbons (Fsp3) is 0.533. The topological polar surface area (TPSA) is 56.0 Å². The van der Waals surface area contributed by atoms with Gasteiger partial charge in [-0.1, -0.05) is 25.7 Å². The Morgan fingerprint density at radius 2 is 1.95 bits per heavy atom. The summed E-state index contributed by atoms with van der Waals surface area (Å²) in [5.74, 6) is -0.448. The van der Waals surface area contributed by atoms with Crippen LogP contribution in [0.25, 0.3) is 0 Å². The lowest BCUT2D eigenvalue weighted by Crippen LogP contribution is -2.36. The molecule has 1 saturated carbocycles. The maximum absolute atomic E-state index is 13.7. The minimum absolute atomic E-state index is 0.302. The van der Waals surface area contributed by atoms with Gasteiger partial charge in [0.2, 0.25) is 0 Å². The number of nitrogens with one attached hydrogen (secondary N) is 1. The molecule has 2 rings (SSSR count). The predicted octanol–water partition coefficient (Wildman–Crippen LogP) is 3.19. The summed E-state index contributed by atoms with van der Waals surface area (Å²) in [7, 11) is 0. The fourth-order valence-electron chi connectivity index (χ4n) is 2.55. The molecule has 0 unspecified atom stereocenters. The molecule has 1 aromatic carbocycles. The number of nitriles is 1. The third-order valence-electron chi connectivity index (χ3n) is 3.74. The molecule has 0 spiro atoms. The lowest BCUT2D eigenvalue weighted by molar-refractivity contribution is 0.0381. The zero-order valence-corrected chi connectivity index (χ0v) is 11.0. The van der Waals surface area contributed by atoms with E-state index in [0.29, 0.717) is 17.8 Å². The summed E-state index contributed by atoms with van der Waals surface area (Å²) >= 11 is 0. The molecule has 1 aromatic rings. The number of rotatable bonds is 3. The van der Waals surface area contributed by atoms with E-state index in [1.807, 2.05) is 6.07 Å². The van der Waals surface area contributed by atoms with Crippen LogP contribution in [0.3, 0.4) is 0 Å². The lowest BCUT2D eigenvalue weighted by Gasteiger charge is -2.27. The molecule has 0 amide bonds. The maximum Gasteiger partial charge on any atom is 0.147 e. The van der Waals surface area contributed by atoms with Crippen LogP contribution in [0.4, 0.5) is 10.1 Å². The van der Waals surface area contributed by atoms with Gasteiger partial charge >= 0.3 is 0 Å². The fourth-order valence-corrected chi connectivity index (χ4v) is 2.55. The Hall–Kier alpha value is -1.60. The van der Waals surface area contributed by atoms with Crippen LogP contribution in [0, 0.1) is 17.1 Å². The standard InChI is InChI=1S/C15H19FN2O/c16-13-9-12(10-17)5-6-14(13)18-11-15(19)7-3-1-2-4-8-15/h5-6,9,18-19H,1-4,7-8,11H2. The maximum atomic E-state index is 13.7. The summed E-state index contributed by atoms with van der Waals surface area (Å²) in [5.41, 5.74) is -0.0930. The van der Waals surface area contributed by atoms with Crippen LogP contribution < -0.4 is 5.32 Å². The van der Waals surface area contributed by atoms with Crippen LogP contribution in [-0.2, 0) is 0 Å². The molecule has 1 fully saturated rings. The number of nitrogens with zero attached hydrogens (tertiary/aromatic N) is 1. The van der Waals surface area contributed by atoms with Crippen molar-refractivity contribution in [3.05, 3.63) is 29.6 Å². The van der Waals surface area contributed by atoms with Crippen LogP contribution >= 0.6 is 0 Å². The molecule has 1 aliphatic rings. The van der Waals surface area contributed by atoms with Crippen molar-refractivity contribution < 1.29 is 9.50 Å². The number of halogens is 1. The van der Waals surface area contributed by atoms with E-state index in [4.69, 9.17) is 5.26 Å². The first-order valence-electron chi connectivity index (χ1n) is 6.79. The van der Waals surface area contributed by atoms with Crippen molar-refractivity contribution in [3.8, 4) is 6.07 Å². The second-order valence-corrected chi connectivity index (χ2v) is 5.30. The molecule has 4 heteroatoms. The summed E-state index contributed by atoms with van der Waals surface area (Å²) in [5, 5.41) is 22.1. The van der Waals surface area contributed by atoms with Crippen LogP contribution in [0.1, 0.15) is 44.1 Å². The minimum atomic E-state index is -0.739. The molecule has 0 heterocycles. The molecule has 0 aliphatic heterocycles. The van der Waals surface area contributed by atoms with E-state index in [-0.39, 0.29) is 0 Å². The molecule has 102 valence electrons. The molecule has 0 radical (unpaired) electrons. The van der Waals surface area contributed by atoms with Gasteiger partial charge in [-0.2, -0.15) is 5.26 Å². The Labute approximate surface area is 113 Å². The molecule has 0 atom stereocenters. The largest absolute Gasteiger partial charge is 0.388 e. The highest BCUT2D eigenvalue weighted by atomic mass is 19.1. The van der Waals surface area contributed by atoms with Crippen molar-refractivity contribution in [2.45, 2.75) is 44.1 Å². The third kappa shape index (κ3) is 3.68. The van der Waals surface area contributed by atoms with Crippen LogP contribution in [0.15, 0.2) is 18.2 Å². The Morgan fingerprint density at radius 1 is 1.26 bits per heavy atom. The molecule has 0 bridgehead atoms. The second-order valence-electron chi connectivity index (χ2n) is 5.30. The zero-order chi connectivity index (χ0) is 13.7. The molecule has 19 heavy (non-hydrogen) atoms. The monoisotopic (exact) mass is 262 g/mol. The van der Waals surface area contributed by atoms with Crippen molar-refractivity contribution in [1.82, 2.24) is 0 Å². The van der Waals surface area contributed by atoms with E-state index in [1.165, 1.54) is 6.07 Å². The number of aliphatic hydroxyl groups is 1. The van der Waals surface area contributed by atoms with Gasteiger partial charge in [-0.05, 0) is 31.0 Å². The van der Waals surface area contributed by atoms with Gasteiger partial charge in [0.05, 0.1) is 22.9 Å².